The van der Waals surface area contributed by atoms with Crippen LogP contribution in [0.2, 0.25) is 0 Å². The quantitative estimate of drug-likeness (QED) is 0.763. The largest absolute Gasteiger partial charge is 0.368 e. The molecule has 0 aromatic heterocycles. The van der Waals surface area contributed by atoms with E-state index in [9.17, 15) is 14.4 Å². The Morgan fingerprint density at radius 2 is 1.93 bits per heavy atom. The zero-order valence-corrected chi connectivity index (χ0v) is 16.3. The van der Waals surface area contributed by atoms with Gasteiger partial charge in [0.05, 0.1) is 0 Å². The molecule has 2 atom stereocenters. The van der Waals surface area contributed by atoms with Crippen LogP contribution in [-0.2, 0) is 9.59 Å². The second-order valence-corrected chi connectivity index (χ2v) is 7.48. The van der Waals surface area contributed by atoms with E-state index in [2.05, 4.69) is 20.9 Å². The van der Waals surface area contributed by atoms with Crippen molar-refractivity contribution in [1.29, 1.82) is 0 Å². The number of hydrogen-bond donors (Lipinski definition) is 1. The monoisotopic (exact) mass is 432 g/mol. The number of guanidine groups is 1. The molecule has 10 heteroatoms. The summed E-state index contributed by atoms with van der Waals surface area (Å²) in [7, 11) is 1.56. The van der Waals surface area contributed by atoms with E-state index in [1.807, 2.05) is 42.3 Å². The van der Waals surface area contributed by atoms with Crippen LogP contribution in [0.3, 0.4) is 0 Å². The van der Waals surface area contributed by atoms with Crippen molar-refractivity contribution in [1.82, 2.24) is 14.7 Å². The number of benzene rings is 1. The highest BCUT2D eigenvalue weighted by Crippen LogP contribution is 2.36. The highest BCUT2D eigenvalue weighted by atomic mass is 79.9. The van der Waals surface area contributed by atoms with Crippen molar-refractivity contribution in [2.75, 3.05) is 18.5 Å². The number of amides is 4. The molecule has 0 spiro atoms. The molecule has 1 fully saturated rings. The number of allylic oxidation sites excluding steroid dienone is 1. The molecule has 140 valence electrons. The van der Waals surface area contributed by atoms with Crippen molar-refractivity contribution in [3.8, 4) is 0 Å². The molecular formula is C17H17BrN6O3. The number of hydrogen-bond acceptors (Lipinski definition) is 6. The van der Waals surface area contributed by atoms with E-state index < -0.39 is 36.6 Å². The Labute approximate surface area is 163 Å². The standard InChI is InChI=1S/C17H17BrN6O3/c1-9-7-22-13-14(21(2)17(27)23(15(13)26)8-12(19)25)20-16(22)24(9)11-5-3-10(18)4-6-11/h3-7,13-14H,8H2,1-2H3,(H2,19,25). The van der Waals surface area contributed by atoms with Gasteiger partial charge in [-0.3, -0.25) is 19.4 Å². The van der Waals surface area contributed by atoms with E-state index in [4.69, 9.17) is 5.73 Å². The van der Waals surface area contributed by atoms with Crippen LogP contribution in [0.1, 0.15) is 6.92 Å². The zero-order chi connectivity index (χ0) is 19.5. The summed E-state index contributed by atoms with van der Waals surface area (Å²) < 4.78 is 0.952. The minimum Gasteiger partial charge on any atom is -0.368 e. The van der Waals surface area contributed by atoms with Gasteiger partial charge in [-0.2, -0.15) is 0 Å². The Morgan fingerprint density at radius 1 is 1.26 bits per heavy atom. The van der Waals surface area contributed by atoms with Crippen LogP contribution in [0.15, 0.2) is 45.6 Å². The van der Waals surface area contributed by atoms with Crippen molar-refractivity contribution in [3.05, 3.63) is 40.6 Å². The summed E-state index contributed by atoms with van der Waals surface area (Å²) in [5, 5.41) is 0. The first-order valence-electron chi connectivity index (χ1n) is 8.26. The van der Waals surface area contributed by atoms with Gasteiger partial charge in [0.1, 0.15) is 6.54 Å². The number of imide groups is 1. The number of carbonyl (C=O) groups excluding carboxylic acids is 3. The molecule has 4 rings (SSSR count). The summed E-state index contributed by atoms with van der Waals surface area (Å²) in [4.78, 5) is 47.3. The second-order valence-electron chi connectivity index (χ2n) is 6.56. The van der Waals surface area contributed by atoms with Crippen LogP contribution in [0.25, 0.3) is 0 Å². The fraction of sp³-hybridized carbons (Fsp3) is 0.294. The molecule has 3 aliphatic rings. The number of fused-ring (bicyclic) bond motifs is 3. The minimum atomic E-state index is -0.743. The molecule has 0 bridgehead atoms. The number of aliphatic imine (C=N–C) groups is 1. The van der Waals surface area contributed by atoms with Crippen LogP contribution in [0, 0.1) is 0 Å². The van der Waals surface area contributed by atoms with Crippen LogP contribution in [0.4, 0.5) is 10.5 Å². The number of urea groups is 1. The third-order valence-corrected chi connectivity index (χ3v) is 5.32. The van der Waals surface area contributed by atoms with E-state index >= 15 is 0 Å². The highest BCUT2D eigenvalue weighted by Gasteiger charge is 2.54. The van der Waals surface area contributed by atoms with Gasteiger partial charge in [-0.25, -0.2) is 9.79 Å². The summed E-state index contributed by atoms with van der Waals surface area (Å²) in [5.41, 5.74) is 6.98. The Hall–Kier alpha value is -2.88. The Morgan fingerprint density at radius 3 is 2.56 bits per heavy atom. The Kier molecular flexibility index (Phi) is 3.95. The Bertz CT molecular complexity index is 912. The maximum Gasteiger partial charge on any atom is 0.328 e. The third kappa shape index (κ3) is 2.59. The van der Waals surface area contributed by atoms with Crippen LogP contribution < -0.4 is 10.6 Å². The number of primary amides is 1. The molecule has 4 amide bonds. The molecule has 27 heavy (non-hydrogen) atoms. The zero-order valence-electron chi connectivity index (χ0n) is 14.7. The highest BCUT2D eigenvalue weighted by molar-refractivity contribution is 9.10. The van der Waals surface area contributed by atoms with Gasteiger partial charge in [-0.05, 0) is 31.2 Å². The smallest absolute Gasteiger partial charge is 0.328 e. The van der Waals surface area contributed by atoms with E-state index in [0.29, 0.717) is 5.96 Å². The molecule has 1 aromatic rings. The summed E-state index contributed by atoms with van der Waals surface area (Å²) in [5.74, 6) is -0.659. The van der Waals surface area contributed by atoms with Crippen molar-refractivity contribution in [2.24, 2.45) is 10.7 Å². The van der Waals surface area contributed by atoms with Crippen LogP contribution in [0.5, 0.6) is 0 Å². The topological polar surface area (TPSA) is 103 Å². The number of nitrogens with two attached hydrogens (primary N) is 1. The molecule has 0 saturated carbocycles. The fourth-order valence-electron chi connectivity index (χ4n) is 3.56. The lowest BCUT2D eigenvalue weighted by molar-refractivity contribution is -0.139. The average molecular weight is 433 g/mol. The molecule has 3 heterocycles. The van der Waals surface area contributed by atoms with E-state index in [1.165, 1.54) is 4.90 Å². The summed E-state index contributed by atoms with van der Waals surface area (Å²) in [6, 6.07) is 6.41. The van der Waals surface area contributed by atoms with Gasteiger partial charge < -0.3 is 15.5 Å². The number of likely N-dealkylation sites (N-methyl/N-ethyl adjacent to an activating group) is 1. The van der Waals surface area contributed by atoms with Gasteiger partial charge in [0, 0.05) is 29.1 Å². The normalized spacial score (nSPS) is 24.1. The average Bonchev–Trinajstić information content (AvgIpc) is 3.12. The van der Waals surface area contributed by atoms with Crippen LogP contribution in [-0.4, -0.2) is 64.3 Å². The number of anilines is 1. The summed E-state index contributed by atoms with van der Waals surface area (Å²) >= 11 is 3.42. The number of rotatable bonds is 3. The van der Waals surface area contributed by atoms with Gasteiger partial charge in [-0.1, -0.05) is 15.9 Å². The predicted octanol–water partition coefficient (Wildman–Crippen LogP) is 0.876. The maximum atomic E-state index is 12.9. The summed E-state index contributed by atoms with van der Waals surface area (Å²) in [6.07, 6.45) is 1.17. The van der Waals surface area contributed by atoms with Crippen molar-refractivity contribution in [3.63, 3.8) is 0 Å². The molecule has 1 aromatic carbocycles. The van der Waals surface area contributed by atoms with Crippen molar-refractivity contribution < 1.29 is 14.4 Å². The summed E-state index contributed by atoms with van der Waals surface area (Å²) in [6.45, 7) is 1.47. The van der Waals surface area contributed by atoms with Gasteiger partial charge in [0.15, 0.2) is 12.2 Å². The molecule has 9 nitrogen and oxygen atoms in total. The minimum absolute atomic E-state index is 0.451. The Balaban J connectivity index is 1.71. The molecular weight excluding hydrogens is 416 g/mol. The molecule has 2 unspecified atom stereocenters. The number of carbonyl (C=O) groups is 3. The van der Waals surface area contributed by atoms with Gasteiger partial charge in [0.25, 0.3) is 5.91 Å². The van der Waals surface area contributed by atoms with Gasteiger partial charge in [-0.15, -0.1) is 0 Å². The van der Waals surface area contributed by atoms with Crippen molar-refractivity contribution >= 4 is 45.4 Å². The van der Waals surface area contributed by atoms with Gasteiger partial charge >= 0.3 is 6.03 Å². The first-order valence-corrected chi connectivity index (χ1v) is 9.05. The van der Waals surface area contributed by atoms with E-state index in [0.717, 1.165) is 20.8 Å². The first kappa shape index (κ1) is 17.5. The van der Waals surface area contributed by atoms with Crippen molar-refractivity contribution in [2.45, 2.75) is 19.1 Å². The van der Waals surface area contributed by atoms with E-state index in [-0.39, 0.29) is 0 Å². The second kappa shape index (κ2) is 6.08. The lowest BCUT2D eigenvalue weighted by Gasteiger charge is -2.39. The molecule has 3 aliphatic heterocycles. The first-order chi connectivity index (χ1) is 12.8. The van der Waals surface area contributed by atoms with Crippen LogP contribution >= 0.6 is 15.9 Å². The maximum absolute atomic E-state index is 12.9. The fourth-order valence-corrected chi connectivity index (χ4v) is 3.83. The molecule has 0 radical (unpaired) electrons. The lowest BCUT2D eigenvalue weighted by atomic mass is 10.1. The lowest BCUT2D eigenvalue weighted by Crippen LogP contribution is -2.65. The van der Waals surface area contributed by atoms with Gasteiger partial charge in [0.2, 0.25) is 11.9 Å². The number of nitrogens with zero attached hydrogens (tertiary/aromatic N) is 5. The molecule has 0 aliphatic carbocycles. The predicted molar refractivity (Wildman–Crippen MR) is 101 cm³/mol. The number of halogens is 1. The van der Waals surface area contributed by atoms with E-state index in [1.54, 1.807) is 11.9 Å². The molecule has 2 N–H and O–H groups in total. The molecule has 1 saturated heterocycles. The third-order valence-electron chi connectivity index (χ3n) is 4.79. The SMILES string of the molecule is CC1=CN2C(=NC3C2C(=O)N(CC(N)=O)C(=O)N3C)N1c1ccc(Br)cc1.